The first-order valence-corrected chi connectivity index (χ1v) is 12.2. The van der Waals surface area contributed by atoms with Crippen molar-refractivity contribution in [3.63, 3.8) is 0 Å². The van der Waals surface area contributed by atoms with Crippen LogP contribution in [-0.2, 0) is 6.42 Å². The summed E-state index contributed by atoms with van der Waals surface area (Å²) in [5.74, 6) is 1.60. The SMILES string of the molecule is C=CC1=C2C(C)=C3C(C(=C)N)=C(C)C(N4CCNCC4)C(CC1Cc1ccccc1C)C32. The molecule has 0 spiro atoms. The lowest BCUT2D eigenvalue weighted by Gasteiger charge is -2.56. The van der Waals surface area contributed by atoms with Gasteiger partial charge in [0.2, 0.25) is 0 Å². The molecule has 4 atom stereocenters. The van der Waals surface area contributed by atoms with Gasteiger partial charge in [0.1, 0.15) is 0 Å². The molecule has 0 radical (unpaired) electrons. The minimum atomic E-state index is 0.440. The Labute approximate surface area is 193 Å². The van der Waals surface area contributed by atoms with E-state index in [1.165, 1.54) is 45.4 Å². The largest absolute Gasteiger partial charge is 0.399 e. The zero-order valence-electron chi connectivity index (χ0n) is 19.9. The topological polar surface area (TPSA) is 41.3 Å². The average molecular weight is 428 g/mol. The quantitative estimate of drug-likeness (QED) is 0.717. The number of aryl methyl sites for hydroxylation is 1. The average Bonchev–Trinajstić information content (AvgIpc) is 2.79. The fourth-order valence-corrected chi connectivity index (χ4v) is 7.16. The van der Waals surface area contributed by atoms with E-state index in [4.69, 9.17) is 5.73 Å². The number of nitrogens with two attached hydrogens (primary N) is 1. The molecule has 3 N–H and O–H groups in total. The maximum absolute atomic E-state index is 6.41. The Hall–Kier alpha value is -2.36. The van der Waals surface area contributed by atoms with Gasteiger partial charge in [-0.3, -0.25) is 4.90 Å². The second kappa shape index (κ2) is 8.20. The van der Waals surface area contributed by atoms with Gasteiger partial charge >= 0.3 is 0 Å². The van der Waals surface area contributed by atoms with E-state index >= 15 is 0 Å². The van der Waals surface area contributed by atoms with Crippen LogP contribution in [0.1, 0.15) is 31.4 Å². The summed E-state index contributed by atoms with van der Waals surface area (Å²) in [4.78, 5) is 2.71. The Morgan fingerprint density at radius 2 is 1.88 bits per heavy atom. The van der Waals surface area contributed by atoms with Crippen LogP contribution < -0.4 is 11.1 Å². The van der Waals surface area contributed by atoms with Crippen molar-refractivity contribution in [2.75, 3.05) is 26.2 Å². The summed E-state index contributed by atoms with van der Waals surface area (Å²) < 4.78 is 0. The number of hydrogen-bond acceptors (Lipinski definition) is 3. The molecular formula is C29H37N3. The van der Waals surface area contributed by atoms with Crippen molar-refractivity contribution in [3.8, 4) is 0 Å². The van der Waals surface area contributed by atoms with Gasteiger partial charge in [0, 0.05) is 49.4 Å². The molecule has 0 amide bonds. The van der Waals surface area contributed by atoms with Crippen molar-refractivity contribution in [2.24, 2.45) is 23.5 Å². The smallest absolute Gasteiger partial charge is 0.0353 e. The number of rotatable bonds is 5. The predicted molar refractivity (Wildman–Crippen MR) is 134 cm³/mol. The maximum Gasteiger partial charge on any atom is 0.0353 e. The first-order chi connectivity index (χ1) is 15.4. The first kappa shape index (κ1) is 21.5. The van der Waals surface area contributed by atoms with E-state index in [1.807, 2.05) is 0 Å². The van der Waals surface area contributed by atoms with Crippen LogP contribution in [-0.4, -0.2) is 37.1 Å². The van der Waals surface area contributed by atoms with Gasteiger partial charge in [-0.05, 0) is 84.4 Å². The molecule has 4 aliphatic rings. The van der Waals surface area contributed by atoms with Crippen molar-refractivity contribution < 1.29 is 0 Å². The molecular weight excluding hydrogens is 390 g/mol. The molecule has 0 aromatic heterocycles. The monoisotopic (exact) mass is 427 g/mol. The third kappa shape index (κ3) is 3.17. The van der Waals surface area contributed by atoms with Crippen LogP contribution in [0.2, 0.25) is 0 Å². The molecule has 1 fully saturated rings. The Bertz CT molecular complexity index is 1060. The van der Waals surface area contributed by atoms with Gasteiger partial charge in [-0.15, -0.1) is 0 Å². The summed E-state index contributed by atoms with van der Waals surface area (Å²) in [6.45, 7) is 19.6. The number of allylic oxidation sites excluding steroid dienone is 5. The van der Waals surface area contributed by atoms with E-state index in [1.54, 1.807) is 5.57 Å². The van der Waals surface area contributed by atoms with Crippen LogP contribution in [0.4, 0.5) is 0 Å². The summed E-state index contributed by atoms with van der Waals surface area (Å²) in [7, 11) is 0. The molecule has 3 nitrogen and oxygen atoms in total. The highest BCUT2D eigenvalue weighted by Gasteiger charge is 2.53. The standard InChI is InChI=1S/C29H37N3/c1-6-23-22(15-21-10-8-7-9-17(21)2)16-24-28-26(23)18(3)27(28)25(20(5)30)19(4)29(24)32-13-11-31-12-14-32/h6-10,22,24,28-29,31H,1,5,11-16,30H2,2-4H3. The third-order valence-corrected chi connectivity index (χ3v) is 8.49. The summed E-state index contributed by atoms with van der Waals surface area (Å²) >= 11 is 0. The lowest BCUT2D eigenvalue weighted by atomic mass is 9.51. The molecule has 0 saturated carbocycles. The van der Waals surface area contributed by atoms with Gasteiger partial charge in [-0.1, -0.05) is 43.5 Å². The molecule has 1 aromatic rings. The Kier molecular flexibility index (Phi) is 5.51. The van der Waals surface area contributed by atoms with Gasteiger partial charge in [-0.25, -0.2) is 0 Å². The minimum absolute atomic E-state index is 0.440. The highest BCUT2D eigenvalue weighted by molar-refractivity contribution is 5.70. The molecule has 5 rings (SSSR count). The van der Waals surface area contributed by atoms with Crippen molar-refractivity contribution in [1.82, 2.24) is 10.2 Å². The van der Waals surface area contributed by atoms with Gasteiger partial charge in [-0.2, -0.15) is 0 Å². The van der Waals surface area contributed by atoms with Gasteiger partial charge < -0.3 is 11.1 Å². The highest BCUT2D eigenvalue weighted by Crippen LogP contribution is 2.61. The fraction of sp³-hybridized carbons (Fsp3) is 0.448. The van der Waals surface area contributed by atoms with Crippen LogP contribution >= 0.6 is 0 Å². The van der Waals surface area contributed by atoms with Crippen molar-refractivity contribution in [2.45, 2.75) is 39.7 Å². The predicted octanol–water partition coefficient (Wildman–Crippen LogP) is 4.68. The second-order valence-electron chi connectivity index (χ2n) is 10.1. The Morgan fingerprint density at radius 1 is 1.16 bits per heavy atom. The summed E-state index contributed by atoms with van der Waals surface area (Å²) in [6, 6.07) is 9.31. The van der Waals surface area contributed by atoms with Crippen molar-refractivity contribution in [3.05, 3.63) is 93.8 Å². The Morgan fingerprint density at radius 3 is 2.53 bits per heavy atom. The zero-order chi connectivity index (χ0) is 22.6. The van der Waals surface area contributed by atoms with Crippen molar-refractivity contribution in [1.29, 1.82) is 0 Å². The number of nitrogens with zero attached hydrogens (tertiary/aromatic N) is 1. The summed E-state index contributed by atoms with van der Waals surface area (Å²) in [6.07, 6.45) is 4.45. The molecule has 1 aliphatic heterocycles. The van der Waals surface area contributed by atoms with E-state index in [0.717, 1.165) is 38.3 Å². The van der Waals surface area contributed by atoms with Crippen LogP contribution in [0.25, 0.3) is 0 Å². The highest BCUT2D eigenvalue weighted by atomic mass is 15.2. The Balaban J connectivity index is 1.63. The van der Waals surface area contributed by atoms with Gasteiger partial charge in [0.05, 0.1) is 0 Å². The van der Waals surface area contributed by atoms with E-state index < -0.39 is 0 Å². The normalized spacial score (nSPS) is 30.2. The number of benzene rings is 1. The lowest BCUT2D eigenvalue weighted by molar-refractivity contribution is 0.103. The van der Waals surface area contributed by atoms with Gasteiger partial charge in [0.25, 0.3) is 0 Å². The fourth-order valence-electron chi connectivity index (χ4n) is 7.16. The van der Waals surface area contributed by atoms with Crippen LogP contribution in [0.3, 0.4) is 0 Å². The van der Waals surface area contributed by atoms with Crippen molar-refractivity contribution >= 4 is 0 Å². The van der Waals surface area contributed by atoms with E-state index in [-0.39, 0.29) is 0 Å². The maximum atomic E-state index is 6.41. The van der Waals surface area contributed by atoms with E-state index in [9.17, 15) is 0 Å². The molecule has 3 heteroatoms. The molecule has 3 aliphatic carbocycles. The number of hydrogen-bond donors (Lipinski definition) is 2. The van der Waals surface area contributed by atoms with E-state index in [2.05, 4.69) is 74.5 Å². The molecule has 32 heavy (non-hydrogen) atoms. The summed E-state index contributed by atoms with van der Waals surface area (Å²) in [5, 5.41) is 3.53. The minimum Gasteiger partial charge on any atom is -0.399 e. The molecule has 0 bridgehead atoms. The number of piperazine rings is 1. The van der Waals surface area contributed by atoms with Crippen LogP contribution in [0, 0.1) is 24.7 Å². The van der Waals surface area contributed by atoms with Gasteiger partial charge in [0.15, 0.2) is 0 Å². The molecule has 4 unspecified atom stereocenters. The zero-order valence-corrected chi connectivity index (χ0v) is 19.9. The molecule has 1 heterocycles. The summed E-state index contributed by atoms with van der Waals surface area (Å²) in [5.41, 5.74) is 18.6. The van der Waals surface area contributed by atoms with E-state index in [0.29, 0.717) is 23.8 Å². The molecule has 1 saturated heterocycles. The third-order valence-electron chi connectivity index (χ3n) is 8.49. The second-order valence-corrected chi connectivity index (χ2v) is 10.1. The van der Waals surface area contributed by atoms with Crippen LogP contribution in [0.5, 0.6) is 0 Å². The lowest BCUT2D eigenvalue weighted by Crippen LogP contribution is -2.57. The molecule has 168 valence electrons. The number of nitrogens with one attached hydrogen (secondary N) is 1. The van der Waals surface area contributed by atoms with Crippen LogP contribution in [0.15, 0.2) is 82.6 Å². The molecule has 1 aromatic carbocycles. The first-order valence-electron chi connectivity index (χ1n) is 12.2.